The molecule has 1 aromatic heterocycles. The number of aromatic nitrogens is 2. The Morgan fingerprint density at radius 3 is 2.58 bits per heavy atom. The summed E-state index contributed by atoms with van der Waals surface area (Å²) in [7, 11) is 1.88. The zero-order valence-corrected chi connectivity index (χ0v) is 12.2. The molecule has 0 radical (unpaired) electrons. The fourth-order valence-corrected chi connectivity index (χ4v) is 2.22. The monoisotopic (exact) mass is 264 g/mol. The lowest BCUT2D eigenvalue weighted by Gasteiger charge is -2.20. The lowest BCUT2D eigenvalue weighted by atomic mass is 10.0. The van der Waals surface area contributed by atoms with Crippen molar-refractivity contribution in [1.29, 1.82) is 0 Å². The van der Waals surface area contributed by atoms with Crippen molar-refractivity contribution in [2.45, 2.75) is 39.2 Å². The minimum absolute atomic E-state index is 0.318. The van der Waals surface area contributed by atoms with Crippen LogP contribution in [0.25, 0.3) is 0 Å². The van der Waals surface area contributed by atoms with Gasteiger partial charge in [0.15, 0.2) is 0 Å². The summed E-state index contributed by atoms with van der Waals surface area (Å²) in [5.41, 5.74) is 0. The van der Waals surface area contributed by atoms with Gasteiger partial charge >= 0.3 is 0 Å². The molecule has 1 fully saturated rings. The van der Waals surface area contributed by atoms with Crippen LogP contribution in [0.4, 0.5) is 11.6 Å². The Morgan fingerprint density at radius 1 is 1.26 bits per heavy atom. The summed E-state index contributed by atoms with van der Waals surface area (Å²) >= 11 is 0. The minimum atomic E-state index is 0.318. The van der Waals surface area contributed by atoms with E-state index in [1.54, 1.807) is 0 Å². The molecule has 1 saturated heterocycles. The lowest BCUT2D eigenvalue weighted by Crippen LogP contribution is -2.27. The largest absolute Gasteiger partial charge is 0.381 e. The molecule has 0 aromatic carbocycles. The average molecular weight is 264 g/mol. The molecular weight excluding hydrogens is 240 g/mol. The maximum atomic E-state index is 5.44. The van der Waals surface area contributed by atoms with E-state index in [0.29, 0.717) is 17.9 Å². The van der Waals surface area contributed by atoms with Crippen LogP contribution in [0.1, 0.15) is 38.9 Å². The van der Waals surface area contributed by atoms with Crippen molar-refractivity contribution in [2.75, 3.05) is 30.9 Å². The van der Waals surface area contributed by atoms with E-state index in [9.17, 15) is 0 Å². The molecule has 106 valence electrons. The predicted molar refractivity (Wildman–Crippen MR) is 77.7 cm³/mol. The smallest absolute Gasteiger partial charge is 0.135 e. The molecule has 2 rings (SSSR count). The van der Waals surface area contributed by atoms with Crippen LogP contribution in [0.3, 0.4) is 0 Å². The second-order valence-electron chi connectivity index (χ2n) is 5.46. The van der Waals surface area contributed by atoms with E-state index in [-0.39, 0.29) is 0 Å². The van der Waals surface area contributed by atoms with Crippen LogP contribution in [0.5, 0.6) is 0 Å². The summed E-state index contributed by atoms with van der Waals surface area (Å²) in [6.45, 7) is 8.11. The minimum Gasteiger partial charge on any atom is -0.381 e. The van der Waals surface area contributed by atoms with E-state index in [1.165, 1.54) is 0 Å². The Morgan fingerprint density at radius 2 is 2.00 bits per heavy atom. The highest BCUT2D eigenvalue weighted by Gasteiger charge is 2.22. The predicted octanol–water partition coefficient (Wildman–Crippen LogP) is 2.48. The standard InChI is InChI=1S/C14H24N4O/c1-9(2)14-17-12(15-4)7-13(18-14)16-10(3)11-5-6-19-8-11/h7,9-11H,5-6,8H2,1-4H3,(H2,15,16,17,18). The lowest BCUT2D eigenvalue weighted by molar-refractivity contribution is 0.183. The number of hydrogen-bond donors (Lipinski definition) is 2. The molecule has 5 heteroatoms. The third-order valence-corrected chi connectivity index (χ3v) is 3.56. The number of nitrogens with one attached hydrogen (secondary N) is 2. The van der Waals surface area contributed by atoms with E-state index in [1.807, 2.05) is 13.1 Å². The van der Waals surface area contributed by atoms with Gasteiger partial charge in [0.05, 0.1) is 6.61 Å². The summed E-state index contributed by atoms with van der Waals surface area (Å²) in [6, 6.07) is 2.32. The van der Waals surface area contributed by atoms with Crippen LogP contribution in [-0.2, 0) is 4.74 Å². The number of nitrogens with zero attached hydrogens (tertiary/aromatic N) is 2. The van der Waals surface area contributed by atoms with E-state index in [2.05, 4.69) is 41.4 Å². The van der Waals surface area contributed by atoms with Crippen LogP contribution >= 0.6 is 0 Å². The number of hydrogen-bond acceptors (Lipinski definition) is 5. The normalized spacial score (nSPS) is 20.6. The average Bonchev–Trinajstić information content (AvgIpc) is 2.92. The maximum absolute atomic E-state index is 5.44. The molecule has 0 aliphatic carbocycles. The summed E-state index contributed by atoms with van der Waals surface area (Å²) in [5.74, 6) is 3.50. The molecule has 2 atom stereocenters. The van der Waals surface area contributed by atoms with Gasteiger partial charge in [-0.2, -0.15) is 0 Å². The van der Waals surface area contributed by atoms with Crippen LogP contribution < -0.4 is 10.6 Å². The van der Waals surface area contributed by atoms with Crippen molar-refractivity contribution >= 4 is 11.6 Å². The van der Waals surface area contributed by atoms with E-state index in [0.717, 1.165) is 37.1 Å². The van der Waals surface area contributed by atoms with E-state index < -0.39 is 0 Å². The number of anilines is 2. The third-order valence-electron chi connectivity index (χ3n) is 3.56. The zero-order valence-electron chi connectivity index (χ0n) is 12.2. The van der Waals surface area contributed by atoms with E-state index >= 15 is 0 Å². The van der Waals surface area contributed by atoms with Gasteiger partial charge in [-0.25, -0.2) is 9.97 Å². The van der Waals surface area contributed by atoms with Gasteiger partial charge in [-0.3, -0.25) is 0 Å². The van der Waals surface area contributed by atoms with Gasteiger partial charge in [0.25, 0.3) is 0 Å². The fourth-order valence-electron chi connectivity index (χ4n) is 2.22. The van der Waals surface area contributed by atoms with Crippen LogP contribution in [0, 0.1) is 5.92 Å². The molecule has 1 aliphatic rings. The van der Waals surface area contributed by atoms with Crippen LogP contribution in [0.2, 0.25) is 0 Å². The summed E-state index contributed by atoms with van der Waals surface area (Å²) < 4.78 is 5.44. The van der Waals surface area contributed by atoms with Gasteiger partial charge < -0.3 is 15.4 Å². The van der Waals surface area contributed by atoms with Gasteiger partial charge in [-0.1, -0.05) is 13.8 Å². The second-order valence-corrected chi connectivity index (χ2v) is 5.46. The molecule has 0 spiro atoms. The van der Waals surface area contributed by atoms with Crippen molar-refractivity contribution < 1.29 is 4.74 Å². The molecule has 0 amide bonds. The van der Waals surface area contributed by atoms with Crippen molar-refractivity contribution in [3.8, 4) is 0 Å². The first-order chi connectivity index (χ1) is 9.10. The molecule has 2 unspecified atom stereocenters. The Kier molecular flexibility index (Phi) is 4.58. The summed E-state index contributed by atoms with van der Waals surface area (Å²) in [6.07, 6.45) is 1.12. The highest BCUT2D eigenvalue weighted by Crippen LogP contribution is 2.22. The summed E-state index contributed by atoms with van der Waals surface area (Å²) in [5, 5.41) is 6.57. The van der Waals surface area contributed by atoms with Crippen LogP contribution in [0.15, 0.2) is 6.07 Å². The molecular formula is C14H24N4O. The fraction of sp³-hybridized carbons (Fsp3) is 0.714. The molecule has 5 nitrogen and oxygen atoms in total. The summed E-state index contributed by atoms with van der Waals surface area (Å²) in [4.78, 5) is 9.06. The number of ether oxygens (including phenoxy) is 1. The van der Waals surface area contributed by atoms with Crippen LogP contribution in [-0.4, -0.2) is 36.3 Å². The van der Waals surface area contributed by atoms with Gasteiger partial charge in [0, 0.05) is 37.6 Å². The quantitative estimate of drug-likeness (QED) is 0.855. The zero-order chi connectivity index (χ0) is 13.8. The number of rotatable bonds is 5. The van der Waals surface area contributed by atoms with Crippen molar-refractivity contribution in [2.24, 2.45) is 5.92 Å². The van der Waals surface area contributed by atoms with Crippen molar-refractivity contribution in [3.05, 3.63) is 11.9 Å². The Hall–Kier alpha value is -1.36. The SMILES string of the molecule is CNc1cc(NC(C)C2CCOC2)nc(C(C)C)n1. The molecule has 2 heterocycles. The second kappa shape index (κ2) is 6.19. The maximum Gasteiger partial charge on any atom is 0.135 e. The topological polar surface area (TPSA) is 59.1 Å². The Balaban J connectivity index is 2.11. The first-order valence-electron chi connectivity index (χ1n) is 7.01. The molecule has 0 saturated carbocycles. The first-order valence-corrected chi connectivity index (χ1v) is 7.01. The van der Waals surface area contributed by atoms with Gasteiger partial charge in [0.2, 0.25) is 0 Å². The van der Waals surface area contributed by atoms with E-state index in [4.69, 9.17) is 4.74 Å². The third kappa shape index (κ3) is 3.56. The molecule has 0 bridgehead atoms. The van der Waals surface area contributed by atoms with Crippen molar-refractivity contribution in [1.82, 2.24) is 9.97 Å². The molecule has 1 aromatic rings. The van der Waals surface area contributed by atoms with Gasteiger partial charge in [-0.15, -0.1) is 0 Å². The first kappa shape index (κ1) is 14.1. The van der Waals surface area contributed by atoms with Gasteiger partial charge in [-0.05, 0) is 13.3 Å². The molecule has 2 N–H and O–H groups in total. The molecule has 19 heavy (non-hydrogen) atoms. The Bertz CT molecular complexity index is 416. The van der Waals surface area contributed by atoms with Gasteiger partial charge in [0.1, 0.15) is 17.5 Å². The van der Waals surface area contributed by atoms with Crippen molar-refractivity contribution in [3.63, 3.8) is 0 Å². The highest BCUT2D eigenvalue weighted by atomic mass is 16.5. The molecule has 1 aliphatic heterocycles. The highest BCUT2D eigenvalue weighted by molar-refractivity contribution is 5.48. The Labute approximate surface area is 115 Å².